The van der Waals surface area contributed by atoms with E-state index in [1.165, 1.54) is 16.7 Å². The Labute approximate surface area is 124 Å². The van der Waals surface area contributed by atoms with Gasteiger partial charge in [0.05, 0.1) is 19.3 Å². The van der Waals surface area contributed by atoms with Crippen molar-refractivity contribution in [1.29, 1.82) is 0 Å². The van der Waals surface area contributed by atoms with E-state index in [0.717, 1.165) is 5.56 Å². The van der Waals surface area contributed by atoms with E-state index in [9.17, 15) is 9.59 Å². The zero-order valence-corrected chi connectivity index (χ0v) is 12.2. The summed E-state index contributed by atoms with van der Waals surface area (Å²) in [5.41, 5.74) is 1.06. The molecule has 2 amide bonds. The van der Waals surface area contributed by atoms with Gasteiger partial charge in [-0.3, -0.25) is 4.68 Å². The van der Waals surface area contributed by atoms with Crippen molar-refractivity contribution in [3.63, 3.8) is 0 Å². The minimum atomic E-state index is -1.07. The molecule has 0 unspecified atom stereocenters. The third kappa shape index (κ3) is 4.56. The Morgan fingerprint density at radius 2 is 2.24 bits per heavy atom. The number of carbonyl (C=O) groups excluding carboxylic acids is 1. The molecule has 0 fully saturated rings. The lowest BCUT2D eigenvalue weighted by Crippen LogP contribution is -2.36. The minimum Gasteiger partial charge on any atom is -0.476 e. The van der Waals surface area contributed by atoms with Crippen molar-refractivity contribution in [1.82, 2.24) is 25.4 Å². The number of aromatic carboxylic acids is 1. The van der Waals surface area contributed by atoms with E-state index in [-0.39, 0.29) is 18.3 Å². The zero-order valence-electron chi connectivity index (χ0n) is 11.4. The number of thiazole rings is 1. The number of rotatable bonds is 6. The average Bonchev–Trinajstić information content (AvgIpc) is 3.05. The number of hydrogen-bond acceptors (Lipinski definition) is 5. The summed E-state index contributed by atoms with van der Waals surface area (Å²) in [5, 5.41) is 20.1. The van der Waals surface area contributed by atoms with Gasteiger partial charge in [0.2, 0.25) is 0 Å². The number of carboxylic acid groups (broad SMARTS) is 1. The summed E-state index contributed by atoms with van der Waals surface area (Å²) >= 11 is 1.19. The van der Waals surface area contributed by atoms with Crippen LogP contribution in [0.25, 0.3) is 0 Å². The minimum absolute atomic E-state index is 0.00809. The molecule has 0 saturated carbocycles. The summed E-state index contributed by atoms with van der Waals surface area (Å²) in [5.74, 6) is -1.07. The molecule has 2 aromatic heterocycles. The average molecular weight is 309 g/mol. The molecule has 21 heavy (non-hydrogen) atoms. The number of aryl methyl sites for hydroxylation is 1. The van der Waals surface area contributed by atoms with Crippen LogP contribution in [0.1, 0.15) is 21.1 Å². The van der Waals surface area contributed by atoms with Gasteiger partial charge in [-0.05, 0) is 12.5 Å². The lowest BCUT2D eigenvalue weighted by Gasteiger charge is -2.06. The first-order valence-corrected chi connectivity index (χ1v) is 7.11. The largest absolute Gasteiger partial charge is 0.476 e. The number of nitrogens with one attached hydrogen (secondary N) is 2. The normalized spacial score (nSPS) is 10.3. The van der Waals surface area contributed by atoms with E-state index in [0.29, 0.717) is 18.1 Å². The highest BCUT2D eigenvalue weighted by Crippen LogP contribution is 2.09. The van der Waals surface area contributed by atoms with Gasteiger partial charge in [0.1, 0.15) is 5.01 Å². The first-order chi connectivity index (χ1) is 10.0. The van der Waals surface area contributed by atoms with Gasteiger partial charge in [0.15, 0.2) is 5.69 Å². The second-order valence-electron chi connectivity index (χ2n) is 4.32. The van der Waals surface area contributed by atoms with Gasteiger partial charge >= 0.3 is 12.0 Å². The highest BCUT2D eigenvalue weighted by atomic mass is 32.1. The van der Waals surface area contributed by atoms with E-state index < -0.39 is 5.97 Å². The van der Waals surface area contributed by atoms with Crippen LogP contribution in [0.3, 0.4) is 0 Å². The van der Waals surface area contributed by atoms with Crippen molar-refractivity contribution >= 4 is 23.3 Å². The predicted molar refractivity (Wildman–Crippen MR) is 76.3 cm³/mol. The summed E-state index contributed by atoms with van der Waals surface area (Å²) in [7, 11) is 0. The SMILES string of the molecule is Cc1cnn(CCNC(=O)NCc2nc(C(=O)O)cs2)c1. The molecule has 2 aromatic rings. The molecule has 8 nitrogen and oxygen atoms in total. The number of urea groups is 1. The van der Waals surface area contributed by atoms with Crippen LogP contribution < -0.4 is 10.6 Å². The third-order valence-corrected chi connectivity index (χ3v) is 3.41. The summed E-state index contributed by atoms with van der Waals surface area (Å²) < 4.78 is 1.75. The Morgan fingerprint density at radius 1 is 1.43 bits per heavy atom. The van der Waals surface area contributed by atoms with Crippen molar-refractivity contribution in [2.45, 2.75) is 20.0 Å². The van der Waals surface area contributed by atoms with E-state index in [4.69, 9.17) is 5.11 Å². The van der Waals surface area contributed by atoms with Crippen molar-refractivity contribution in [3.05, 3.63) is 34.0 Å². The van der Waals surface area contributed by atoms with Crippen molar-refractivity contribution in [2.24, 2.45) is 0 Å². The Balaban J connectivity index is 1.68. The maximum absolute atomic E-state index is 11.6. The molecule has 9 heteroatoms. The van der Waals surface area contributed by atoms with Gasteiger partial charge in [-0.1, -0.05) is 0 Å². The molecule has 2 heterocycles. The third-order valence-electron chi connectivity index (χ3n) is 2.56. The standard InChI is InChI=1S/C12H15N5O3S/c1-8-4-15-17(6-8)3-2-13-12(20)14-5-10-16-9(7-21-10)11(18)19/h4,6-7H,2-3,5H2,1H3,(H,18,19)(H2,13,14,20). The topological polar surface area (TPSA) is 109 Å². The highest BCUT2D eigenvalue weighted by molar-refractivity contribution is 7.09. The van der Waals surface area contributed by atoms with Crippen LogP contribution in [-0.2, 0) is 13.1 Å². The fourth-order valence-corrected chi connectivity index (χ4v) is 2.29. The van der Waals surface area contributed by atoms with Crippen LogP contribution in [0.2, 0.25) is 0 Å². The summed E-state index contributed by atoms with van der Waals surface area (Å²) in [6.45, 7) is 3.18. The van der Waals surface area contributed by atoms with E-state index in [1.54, 1.807) is 10.9 Å². The number of amides is 2. The second kappa shape index (κ2) is 6.84. The predicted octanol–water partition coefficient (Wildman–Crippen LogP) is 0.846. The lowest BCUT2D eigenvalue weighted by molar-refractivity contribution is 0.0691. The Bertz CT molecular complexity index is 636. The number of carboxylic acids is 1. The fourth-order valence-electron chi connectivity index (χ4n) is 1.58. The number of carbonyl (C=O) groups is 2. The molecule has 0 atom stereocenters. The fraction of sp³-hybridized carbons (Fsp3) is 0.333. The number of aromatic nitrogens is 3. The molecule has 0 radical (unpaired) electrons. The second-order valence-corrected chi connectivity index (χ2v) is 5.26. The molecular formula is C12H15N5O3S. The summed E-state index contributed by atoms with van der Waals surface area (Å²) in [6, 6.07) is -0.328. The quantitative estimate of drug-likeness (QED) is 0.733. The van der Waals surface area contributed by atoms with Crippen LogP contribution in [0, 0.1) is 6.92 Å². The van der Waals surface area contributed by atoms with Gasteiger partial charge in [0.25, 0.3) is 0 Å². The van der Waals surface area contributed by atoms with Gasteiger partial charge < -0.3 is 15.7 Å². The van der Waals surface area contributed by atoms with Crippen LogP contribution in [0.5, 0.6) is 0 Å². The van der Waals surface area contributed by atoms with Crippen LogP contribution in [-0.4, -0.2) is 38.4 Å². The van der Waals surface area contributed by atoms with Crippen molar-refractivity contribution < 1.29 is 14.7 Å². The molecule has 0 spiro atoms. The smallest absolute Gasteiger partial charge is 0.355 e. The van der Waals surface area contributed by atoms with E-state index in [1.807, 2.05) is 13.1 Å². The zero-order chi connectivity index (χ0) is 15.2. The van der Waals surface area contributed by atoms with Crippen LogP contribution in [0.15, 0.2) is 17.8 Å². The van der Waals surface area contributed by atoms with Gasteiger partial charge in [-0.15, -0.1) is 11.3 Å². The van der Waals surface area contributed by atoms with E-state index in [2.05, 4.69) is 20.7 Å². The molecule has 0 bridgehead atoms. The number of nitrogens with zero attached hydrogens (tertiary/aromatic N) is 3. The molecule has 0 aromatic carbocycles. The Morgan fingerprint density at radius 3 is 2.86 bits per heavy atom. The highest BCUT2D eigenvalue weighted by Gasteiger charge is 2.09. The first-order valence-electron chi connectivity index (χ1n) is 6.23. The maximum Gasteiger partial charge on any atom is 0.355 e. The molecule has 112 valence electrons. The first kappa shape index (κ1) is 15.0. The van der Waals surface area contributed by atoms with E-state index >= 15 is 0 Å². The number of hydrogen-bond donors (Lipinski definition) is 3. The molecule has 3 N–H and O–H groups in total. The Hall–Kier alpha value is -2.42. The Kier molecular flexibility index (Phi) is 4.88. The van der Waals surface area contributed by atoms with Crippen LogP contribution in [0.4, 0.5) is 4.79 Å². The van der Waals surface area contributed by atoms with Crippen molar-refractivity contribution in [2.75, 3.05) is 6.54 Å². The molecule has 0 saturated heterocycles. The summed E-state index contributed by atoms with van der Waals surface area (Å²) in [4.78, 5) is 26.1. The summed E-state index contributed by atoms with van der Waals surface area (Å²) in [6.07, 6.45) is 3.64. The van der Waals surface area contributed by atoms with Crippen LogP contribution >= 0.6 is 11.3 Å². The monoisotopic (exact) mass is 309 g/mol. The molecule has 0 aliphatic heterocycles. The molecular weight excluding hydrogens is 294 g/mol. The van der Waals surface area contributed by atoms with Gasteiger partial charge in [0, 0.05) is 18.1 Å². The van der Waals surface area contributed by atoms with Crippen molar-refractivity contribution in [3.8, 4) is 0 Å². The molecule has 2 rings (SSSR count). The maximum atomic E-state index is 11.6. The molecule has 0 aliphatic carbocycles. The molecule has 0 aliphatic rings. The lowest BCUT2D eigenvalue weighted by atomic mass is 10.4. The van der Waals surface area contributed by atoms with Gasteiger partial charge in [-0.2, -0.15) is 5.10 Å². The van der Waals surface area contributed by atoms with Gasteiger partial charge in [-0.25, -0.2) is 14.6 Å².